The van der Waals surface area contributed by atoms with Crippen LogP contribution in [0.4, 0.5) is 0 Å². The van der Waals surface area contributed by atoms with Gasteiger partial charge in [-0.05, 0) is 149 Å². The summed E-state index contributed by atoms with van der Waals surface area (Å²) in [6, 6.07) is 21.8. The number of aryl methyl sites for hydroxylation is 10. The van der Waals surface area contributed by atoms with Crippen molar-refractivity contribution in [2.45, 2.75) is 69.2 Å². The molecule has 0 aliphatic rings. The van der Waals surface area contributed by atoms with Crippen molar-refractivity contribution in [3.8, 4) is 22.5 Å². The Balaban J connectivity index is 0.000000178. The maximum absolute atomic E-state index is 5.14. The van der Waals surface area contributed by atoms with Crippen molar-refractivity contribution in [3.63, 3.8) is 0 Å². The van der Waals surface area contributed by atoms with Crippen LogP contribution in [-0.2, 0) is 0 Å². The van der Waals surface area contributed by atoms with Crippen molar-refractivity contribution in [1.29, 1.82) is 0 Å². The highest BCUT2D eigenvalue weighted by Crippen LogP contribution is 2.34. The summed E-state index contributed by atoms with van der Waals surface area (Å²) < 4.78 is 0. The molecule has 7 rings (SSSR count). The molecule has 4 aromatic carbocycles. The summed E-state index contributed by atoms with van der Waals surface area (Å²) in [7, 11) is 0. The first-order valence-electron chi connectivity index (χ1n) is 16.0. The summed E-state index contributed by atoms with van der Waals surface area (Å²) in [5.41, 5.74) is 20.6. The van der Waals surface area contributed by atoms with Gasteiger partial charge in [0.25, 0.3) is 0 Å². The summed E-state index contributed by atoms with van der Waals surface area (Å²) in [6.45, 7) is 21.3. The van der Waals surface area contributed by atoms with Crippen molar-refractivity contribution in [3.05, 3.63) is 129 Å². The number of hydrogen-bond donors (Lipinski definition) is 0. The molecule has 0 aliphatic heterocycles. The average Bonchev–Trinajstić information content (AvgIpc) is 3.04. The van der Waals surface area contributed by atoms with Crippen LogP contribution in [0.2, 0.25) is 0 Å². The quantitative estimate of drug-likeness (QED) is 0.185. The van der Waals surface area contributed by atoms with Crippen LogP contribution in [0.5, 0.6) is 0 Å². The van der Waals surface area contributed by atoms with Gasteiger partial charge in [0.1, 0.15) is 0 Å². The van der Waals surface area contributed by atoms with Crippen molar-refractivity contribution >= 4 is 32.8 Å². The van der Waals surface area contributed by atoms with Gasteiger partial charge in [-0.25, -0.2) is 9.97 Å². The fraction of sp³-hybridized carbons (Fsp3) is 0.238. The van der Waals surface area contributed by atoms with E-state index in [9.17, 15) is 0 Å². The molecule has 0 unspecified atom stereocenters. The normalized spacial score (nSPS) is 11.3. The van der Waals surface area contributed by atoms with Crippen molar-refractivity contribution in [2.75, 3.05) is 0 Å². The van der Waals surface area contributed by atoms with Crippen LogP contribution in [0.15, 0.2) is 73.1 Å². The second kappa shape index (κ2) is 12.1. The number of aromatic nitrogens is 4. The lowest BCUT2D eigenvalue weighted by Gasteiger charge is -2.15. The topological polar surface area (TPSA) is 51.6 Å². The molecule has 7 aromatic rings. The molecule has 0 aliphatic carbocycles. The van der Waals surface area contributed by atoms with Crippen LogP contribution < -0.4 is 0 Å². The summed E-state index contributed by atoms with van der Waals surface area (Å²) in [5, 5.41) is 2.44. The molecule has 0 N–H and O–H groups in total. The van der Waals surface area contributed by atoms with Gasteiger partial charge in [-0.3, -0.25) is 9.97 Å². The standard InChI is InChI=1S/C26H26N2.C16H16N2/c1-15-9-11-21(13-19(15)5)25-26(22-12-10-16(2)20(6)14-22)28-24-18(4)8-7-17(3)23(24)27-25;1-9-5-13-11(3)12(4)14-6-10(2)8-18-16(14)15(13)17-7-9/h7-14H,1-6H3;5-8H,1-4H3. The van der Waals surface area contributed by atoms with Gasteiger partial charge in [-0.1, -0.05) is 36.4 Å². The van der Waals surface area contributed by atoms with Crippen LogP contribution in [0, 0.1) is 69.2 Å². The van der Waals surface area contributed by atoms with E-state index in [0.29, 0.717) is 0 Å². The Morgan fingerprint density at radius 1 is 0.370 bits per heavy atom. The SMILES string of the molecule is Cc1ccc(-c2nc3c(C)ccc(C)c3nc2-c2ccc(C)c(C)c2)cc1C.Cc1cnc2c(c1)c(C)c(C)c1cc(C)cnc12. The van der Waals surface area contributed by atoms with Gasteiger partial charge in [0.2, 0.25) is 0 Å². The second-order valence-corrected chi connectivity index (χ2v) is 13.0. The first kappa shape index (κ1) is 31.0. The fourth-order valence-electron chi connectivity index (χ4n) is 6.06. The minimum atomic E-state index is 0.951. The molecule has 0 bridgehead atoms. The number of fused-ring (bicyclic) bond motifs is 4. The lowest BCUT2D eigenvalue weighted by Crippen LogP contribution is -1.99. The highest BCUT2D eigenvalue weighted by atomic mass is 14.8. The zero-order valence-electron chi connectivity index (χ0n) is 28.7. The van der Waals surface area contributed by atoms with E-state index in [1.165, 1.54) is 55.3 Å². The third-order valence-corrected chi connectivity index (χ3v) is 9.43. The van der Waals surface area contributed by atoms with Crippen LogP contribution in [0.1, 0.15) is 55.6 Å². The monoisotopic (exact) mass is 602 g/mol. The molecule has 0 fully saturated rings. The molecule has 0 atom stereocenters. The summed E-state index contributed by atoms with van der Waals surface area (Å²) >= 11 is 0. The van der Waals surface area contributed by atoms with E-state index >= 15 is 0 Å². The van der Waals surface area contributed by atoms with Gasteiger partial charge in [0.05, 0.1) is 33.5 Å². The first-order chi connectivity index (χ1) is 21.9. The predicted octanol–water partition coefficient (Wildman–Crippen LogP) is 10.8. The Hall–Kier alpha value is -4.96. The van der Waals surface area contributed by atoms with E-state index in [2.05, 4.69) is 140 Å². The molecular weight excluding hydrogens is 560 g/mol. The van der Waals surface area contributed by atoms with E-state index in [4.69, 9.17) is 9.97 Å². The zero-order chi connectivity index (χ0) is 32.9. The average molecular weight is 603 g/mol. The Morgan fingerprint density at radius 2 is 0.739 bits per heavy atom. The fourth-order valence-corrected chi connectivity index (χ4v) is 6.06. The lowest BCUT2D eigenvalue weighted by molar-refractivity contribution is 1.24. The summed E-state index contributed by atoms with van der Waals surface area (Å²) in [4.78, 5) is 19.4. The highest BCUT2D eigenvalue weighted by Gasteiger charge is 2.17. The van der Waals surface area contributed by atoms with E-state index in [-0.39, 0.29) is 0 Å². The third-order valence-electron chi connectivity index (χ3n) is 9.43. The van der Waals surface area contributed by atoms with Crippen LogP contribution >= 0.6 is 0 Å². The van der Waals surface area contributed by atoms with E-state index in [1.54, 1.807) is 0 Å². The number of nitrogens with zero attached hydrogens (tertiary/aromatic N) is 4. The Labute approximate surface area is 272 Å². The lowest BCUT2D eigenvalue weighted by atomic mass is 9.97. The van der Waals surface area contributed by atoms with Gasteiger partial charge < -0.3 is 0 Å². The molecule has 230 valence electrons. The van der Waals surface area contributed by atoms with Crippen LogP contribution in [0.3, 0.4) is 0 Å². The number of pyridine rings is 2. The Bertz CT molecular complexity index is 2150. The maximum atomic E-state index is 5.14. The molecule has 0 radical (unpaired) electrons. The smallest absolute Gasteiger partial charge is 0.0973 e. The van der Waals surface area contributed by atoms with E-state index in [1.807, 2.05) is 12.4 Å². The largest absolute Gasteiger partial charge is 0.254 e. The molecule has 4 heteroatoms. The van der Waals surface area contributed by atoms with Gasteiger partial charge in [-0.2, -0.15) is 0 Å². The molecule has 4 nitrogen and oxygen atoms in total. The van der Waals surface area contributed by atoms with Gasteiger partial charge in [0.15, 0.2) is 0 Å². The van der Waals surface area contributed by atoms with Gasteiger partial charge in [-0.15, -0.1) is 0 Å². The molecule has 3 aromatic heterocycles. The van der Waals surface area contributed by atoms with Gasteiger partial charge >= 0.3 is 0 Å². The number of rotatable bonds is 2. The minimum Gasteiger partial charge on any atom is -0.254 e. The molecule has 0 amide bonds. The predicted molar refractivity (Wildman–Crippen MR) is 195 cm³/mol. The second-order valence-electron chi connectivity index (χ2n) is 13.0. The molecule has 46 heavy (non-hydrogen) atoms. The summed E-state index contributed by atoms with van der Waals surface area (Å²) in [5.74, 6) is 0. The highest BCUT2D eigenvalue weighted by molar-refractivity contribution is 6.06. The zero-order valence-corrected chi connectivity index (χ0v) is 28.7. The van der Waals surface area contributed by atoms with Crippen LogP contribution in [0.25, 0.3) is 55.4 Å². The molecule has 3 heterocycles. The molecule has 0 saturated carbocycles. The minimum absolute atomic E-state index is 0.951. The maximum Gasteiger partial charge on any atom is 0.0973 e. The third kappa shape index (κ3) is 5.64. The van der Waals surface area contributed by atoms with Crippen LogP contribution in [-0.4, -0.2) is 19.9 Å². The summed E-state index contributed by atoms with van der Waals surface area (Å²) in [6.07, 6.45) is 3.83. The van der Waals surface area contributed by atoms with Crippen molar-refractivity contribution in [2.24, 2.45) is 0 Å². The number of hydrogen-bond acceptors (Lipinski definition) is 4. The van der Waals surface area contributed by atoms with Gasteiger partial charge in [0, 0.05) is 34.3 Å². The Kier molecular flexibility index (Phi) is 8.16. The molecular formula is C42H42N4. The number of benzene rings is 4. The van der Waals surface area contributed by atoms with E-state index in [0.717, 1.165) is 55.7 Å². The van der Waals surface area contributed by atoms with Crippen molar-refractivity contribution < 1.29 is 0 Å². The molecule has 0 saturated heterocycles. The molecule has 0 spiro atoms. The first-order valence-corrected chi connectivity index (χ1v) is 16.0. The Morgan fingerprint density at radius 3 is 1.11 bits per heavy atom. The van der Waals surface area contributed by atoms with Crippen molar-refractivity contribution in [1.82, 2.24) is 19.9 Å². The van der Waals surface area contributed by atoms with E-state index < -0.39 is 0 Å².